The fraction of sp³-hybridized carbons (Fsp3) is 0. The van der Waals surface area contributed by atoms with Crippen LogP contribution in [0.5, 0.6) is 0 Å². The molecule has 2 aromatic heterocycles. The van der Waals surface area contributed by atoms with Crippen LogP contribution in [0.4, 0.5) is 0 Å². The number of aromatic nitrogens is 2. The van der Waals surface area contributed by atoms with Crippen molar-refractivity contribution in [3.05, 3.63) is 107 Å². The maximum absolute atomic E-state index is 5.76. The van der Waals surface area contributed by atoms with Crippen molar-refractivity contribution in [3.8, 4) is 0 Å². The Morgan fingerprint density at radius 1 is 0.571 bits per heavy atom. The summed E-state index contributed by atoms with van der Waals surface area (Å²) in [5, 5.41) is 1.41. The molecule has 2 nitrogen and oxygen atoms in total. The molecule has 0 aliphatic carbocycles. The number of nitrogens with zero attached hydrogens (tertiary/aromatic N) is 2. The van der Waals surface area contributed by atoms with Crippen LogP contribution in [0.15, 0.2) is 106 Å². The normalized spacial score (nSPS) is 10.1. The van der Waals surface area contributed by atoms with Crippen molar-refractivity contribution in [2.24, 2.45) is 0 Å². The van der Waals surface area contributed by atoms with Gasteiger partial charge in [-0.3, -0.25) is 9.97 Å². The quantitative estimate of drug-likeness (QED) is 0.145. The Kier molecular flexibility index (Phi) is 9.97. The standard InChI is InChI=1S/2C7H4ClNS2.2C6H5.Sn/c2*8-4-1-2-6-5(3-4)9-7(10)11-6;2*1-2-4-6-5-3-1;/h2*1-3H,(H,9,10);2*1-5H;/q;;;;+2/p-2. The first-order valence-corrected chi connectivity index (χ1v) is 16.4. The van der Waals surface area contributed by atoms with Crippen LogP contribution >= 0.6 is 45.9 Å². The topological polar surface area (TPSA) is 25.8 Å². The number of halogens is 2. The van der Waals surface area contributed by atoms with Crippen LogP contribution in [0.2, 0.25) is 10.0 Å². The third-order valence-corrected chi connectivity index (χ3v) is 10.9. The van der Waals surface area contributed by atoms with E-state index in [4.69, 9.17) is 48.5 Å². The summed E-state index contributed by atoms with van der Waals surface area (Å²) >= 11 is 23.9. The number of rotatable bonds is 2. The second-order valence-corrected chi connectivity index (χ2v) is 15.3. The van der Waals surface area contributed by atoms with Crippen molar-refractivity contribution >= 4 is 120 Å². The van der Waals surface area contributed by atoms with E-state index in [9.17, 15) is 0 Å². The zero-order chi connectivity index (χ0) is 24.6. The van der Waals surface area contributed by atoms with E-state index >= 15 is 0 Å². The van der Waals surface area contributed by atoms with E-state index in [1.54, 1.807) is 0 Å². The first kappa shape index (κ1) is 26.5. The van der Waals surface area contributed by atoms with Gasteiger partial charge in [-0.25, -0.2) is 0 Å². The third kappa shape index (κ3) is 8.25. The van der Waals surface area contributed by atoms with Gasteiger partial charge in [0.05, 0.1) is 11.0 Å². The van der Waals surface area contributed by atoms with E-state index in [-0.39, 0.29) is 0 Å². The molecule has 0 atom stereocenters. The molecule has 0 radical (unpaired) electrons. The van der Waals surface area contributed by atoms with Crippen LogP contribution in [0, 0.1) is 0 Å². The zero-order valence-electron chi connectivity index (χ0n) is 18.0. The number of fused-ring (bicyclic) bond motifs is 2. The summed E-state index contributed by atoms with van der Waals surface area (Å²) in [6.45, 7) is 0. The predicted octanol–water partition coefficient (Wildman–Crippen LogP) is 7.05. The van der Waals surface area contributed by atoms with E-state index in [1.807, 2.05) is 36.4 Å². The van der Waals surface area contributed by atoms with E-state index in [2.05, 4.69) is 70.6 Å². The summed E-state index contributed by atoms with van der Waals surface area (Å²) in [5.41, 5.74) is 1.79. The summed E-state index contributed by atoms with van der Waals surface area (Å²) in [6, 6.07) is 32.8. The molecule has 0 saturated carbocycles. The summed E-state index contributed by atoms with van der Waals surface area (Å²) in [7, 11) is 0. The van der Waals surface area contributed by atoms with E-state index < -0.39 is 21.1 Å². The molecule has 35 heavy (non-hydrogen) atoms. The van der Waals surface area contributed by atoms with Gasteiger partial charge in [0.15, 0.2) is 0 Å². The summed E-state index contributed by atoms with van der Waals surface area (Å²) in [4.78, 5) is 8.25. The van der Waals surface area contributed by atoms with Crippen LogP contribution in [0.3, 0.4) is 0 Å². The summed E-state index contributed by atoms with van der Waals surface area (Å²) in [5.74, 6) is 0. The minimum atomic E-state index is -0.517. The van der Waals surface area contributed by atoms with Crippen molar-refractivity contribution < 1.29 is 0 Å². The molecule has 0 unspecified atom stereocenters. The van der Waals surface area contributed by atoms with Gasteiger partial charge in [-0.05, 0) is 42.3 Å². The fourth-order valence-electron chi connectivity index (χ4n) is 2.97. The van der Waals surface area contributed by atoms with Crippen molar-refractivity contribution in [1.29, 1.82) is 0 Å². The molecule has 6 aromatic rings. The van der Waals surface area contributed by atoms with Gasteiger partial charge in [-0.2, -0.15) is 0 Å². The van der Waals surface area contributed by atoms with Crippen molar-refractivity contribution in [2.45, 2.75) is 8.68 Å². The monoisotopic (exact) mass is 674 g/mol. The Morgan fingerprint density at radius 3 is 1.37 bits per heavy atom. The van der Waals surface area contributed by atoms with E-state index in [1.165, 1.54) is 29.8 Å². The first-order chi connectivity index (χ1) is 17.0. The molecule has 0 bridgehead atoms. The maximum atomic E-state index is 5.76. The molecular formula is C26H16Cl2N2S4Sn. The molecule has 0 aliphatic heterocycles. The van der Waals surface area contributed by atoms with Gasteiger partial charge < -0.3 is 47.9 Å². The fourth-order valence-corrected chi connectivity index (χ4v) is 8.39. The van der Waals surface area contributed by atoms with Gasteiger partial charge in [-0.1, -0.05) is 35.3 Å². The Morgan fingerprint density at radius 2 is 0.971 bits per heavy atom. The predicted molar refractivity (Wildman–Crippen MR) is 158 cm³/mol. The second-order valence-electron chi connectivity index (χ2n) is 7.04. The number of hydrogen-bond donors (Lipinski definition) is 0. The molecule has 0 saturated heterocycles. The van der Waals surface area contributed by atoms with Gasteiger partial charge in [0, 0.05) is 10.0 Å². The molecule has 2 heterocycles. The molecule has 0 N–H and O–H groups in total. The van der Waals surface area contributed by atoms with Gasteiger partial charge in [-0.15, -0.1) is 0 Å². The zero-order valence-corrected chi connectivity index (χ0v) is 25.7. The third-order valence-electron chi connectivity index (χ3n) is 4.50. The molecule has 0 fully saturated rings. The van der Waals surface area contributed by atoms with Crippen LogP contribution in [0.1, 0.15) is 0 Å². The average molecular weight is 674 g/mol. The molecule has 4 aromatic carbocycles. The van der Waals surface area contributed by atoms with Gasteiger partial charge in [0.25, 0.3) is 0 Å². The van der Waals surface area contributed by atoms with Gasteiger partial charge in [0.2, 0.25) is 0 Å². The van der Waals surface area contributed by atoms with Crippen molar-refractivity contribution in [1.82, 2.24) is 9.97 Å². The van der Waals surface area contributed by atoms with Gasteiger partial charge >= 0.3 is 89.0 Å². The van der Waals surface area contributed by atoms with Crippen LogP contribution in [-0.2, 0) is 25.3 Å². The van der Waals surface area contributed by atoms with Crippen molar-refractivity contribution in [3.63, 3.8) is 0 Å². The molecule has 0 aliphatic rings. The number of benzene rings is 4. The Balaban J connectivity index is 0.000000124. The van der Waals surface area contributed by atoms with Crippen LogP contribution in [-0.4, -0.2) is 31.1 Å². The molecular weight excluding hydrogens is 658 g/mol. The second kappa shape index (κ2) is 13.1. The first-order valence-electron chi connectivity index (χ1n) is 10.3. The number of thiazole rings is 2. The minimum absolute atomic E-state index is 0.517. The molecule has 0 amide bonds. The van der Waals surface area contributed by atoms with Crippen LogP contribution < -0.4 is 7.16 Å². The van der Waals surface area contributed by atoms with Crippen molar-refractivity contribution in [2.75, 3.05) is 0 Å². The van der Waals surface area contributed by atoms with E-state index in [0.717, 1.165) is 20.4 Å². The summed E-state index contributed by atoms with van der Waals surface area (Å²) < 4.78 is 6.61. The van der Waals surface area contributed by atoms with E-state index in [0.29, 0.717) is 18.7 Å². The SMILES string of the molecule is [S-]c1nc2cc(Cl)ccc2s1.[S-]c1nc2cc(Cl)ccc2s1.c1cc[c]([Sn+2][c]2ccccc2)cc1. The Labute approximate surface area is 243 Å². The Hall–Kier alpha value is -1.52. The van der Waals surface area contributed by atoms with Crippen LogP contribution in [0.25, 0.3) is 20.4 Å². The Bertz CT molecular complexity index is 1410. The number of hydrogen-bond acceptors (Lipinski definition) is 6. The van der Waals surface area contributed by atoms with Gasteiger partial charge in [0.1, 0.15) is 0 Å². The summed E-state index contributed by atoms with van der Waals surface area (Å²) in [6.07, 6.45) is 0. The molecule has 6 rings (SSSR count). The molecule has 172 valence electrons. The average Bonchev–Trinajstić information content (AvgIpc) is 3.41. The molecule has 0 spiro atoms. The molecule has 9 heteroatoms.